The monoisotopic (exact) mass is 333 g/mol. The first-order chi connectivity index (χ1) is 11.3. The minimum atomic E-state index is -0.669. The second kappa shape index (κ2) is 9.55. The summed E-state index contributed by atoms with van der Waals surface area (Å²) in [5.41, 5.74) is 12.0. The van der Waals surface area contributed by atoms with Crippen molar-refractivity contribution < 1.29 is 9.59 Å². The predicted molar refractivity (Wildman–Crippen MR) is 97.4 cm³/mol. The zero-order valence-corrected chi connectivity index (χ0v) is 15.0. The Bertz CT molecular complexity index is 523. The highest BCUT2D eigenvalue weighted by Crippen LogP contribution is 2.19. The van der Waals surface area contributed by atoms with E-state index in [1.165, 1.54) is 0 Å². The summed E-state index contributed by atoms with van der Waals surface area (Å²) in [4.78, 5) is 25.0. The van der Waals surface area contributed by atoms with Crippen LogP contribution in [0, 0.1) is 5.41 Å². The van der Waals surface area contributed by atoms with Crippen molar-refractivity contribution in [2.45, 2.75) is 58.5 Å². The second-order valence-electron chi connectivity index (χ2n) is 7.26. The van der Waals surface area contributed by atoms with Crippen LogP contribution in [-0.2, 0) is 16.0 Å². The molecule has 2 atom stereocenters. The number of ketones is 1. The lowest BCUT2D eigenvalue weighted by Gasteiger charge is -2.26. The Morgan fingerprint density at radius 1 is 1.12 bits per heavy atom. The Balaban J connectivity index is 2.69. The first kappa shape index (κ1) is 20.3. The molecule has 0 heterocycles. The topological polar surface area (TPSA) is 98.2 Å². The maximum absolute atomic E-state index is 12.6. The second-order valence-corrected chi connectivity index (χ2v) is 7.26. The molecule has 0 bridgehead atoms. The Hall–Kier alpha value is -1.72. The lowest BCUT2D eigenvalue weighted by atomic mass is 9.84. The number of amides is 1. The minimum absolute atomic E-state index is 0.0276. The summed E-state index contributed by atoms with van der Waals surface area (Å²) in [5, 5.41) is 2.85. The number of nitrogens with two attached hydrogens (primary N) is 2. The van der Waals surface area contributed by atoms with Gasteiger partial charge in [-0.25, -0.2) is 0 Å². The molecule has 24 heavy (non-hydrogen) atoms. The first-order valence-corrected chi connectivity index (χ1v) is 8.60. The van der Waals surface area contributed by atoms with E-state index in [1.54, 1.807) is 0 Å². The summed E-state index contributed by atoms with van der Waals surface area (Å²) >= 11 is 0. The molecule has 0 radical (unpaired) electrons. The lowest BCUT2D eigenvalue weighted by Crippen LogP contribution is -2.51. The Kier molecular flexibility index (Phi) is 8.08. The Morgan fingerprint density at radius 3 is 2.29 bits per heavy atom. The average molecular weight is 333 g/mol. The van der Waals surface area contributed by atoms with Crippen molar-refractivity contribution in [1.82, 2.24) is 5.32 Å². The molecule has 0 unspecified atom stereocenters. The smallest absolute Gasteiger partial charge is 0.237 e. The fraction of sp³-hybridized carbons (Fsp3) is 0.579. The number of unbranched alkanes of at least 4 members (excludes halogenated alkanes) is 1. The first-order valence-electron chi connectivity index (χ1n) is 8.60. The van der Waals surface area contributed by atoms with Gasteiger partial charge in [0.05, 0.1) is 12.1 Å². The van der Waals surface area contributed by atoms with E-state index in [-0.39, 0.29) is 11.7 Å². The van der Waals surface area contributed by atoms with Gasteiger partial charge in [0.2, 0.25) is 5.91 Å². The van der Waals surface area contributed by atoms with Gasteiger partial charge in [0.15, 0.2) is 5.78 Å². The minimum Gasteiger partial charge on any atom is -0.345 e. The molecule has 1 rings (SSSR count). The highest BCUT2D eigenvalue weighted by molar-refractivity contribution is 5.93. The zero-order chi connectivity index (χ0) is 18.2. The predicted octanol–water partition coefficient (Wildman–Crippen LogP) is 1.79. The molecule has 0 aromatic heterocycles. The van der Waals surface area contributed by atoms with Crippen LogP contribution in [0.3, 0.4) is 0 Å². The van der Waals surface area contributed by atoms with Gasteiger partial charge in [0, 0.05) is 5.41 Å². The van der Waals surface area contributed by atoms with E-state index in [1.807, 2.05) is 51.1 Å². The van der Waals surface area contributed by atoms with Crippen LogP contribution >= 0.6 is 0 Å². The van der Waals surface area contributed by atoms with E-state index in [0.717, 1.165) is 18.4 Å². The van der Waals surface area contributed by atoms with Gasteiger partial charge in [0.25, 0.3) is 0 Å². The standard InChI is InChI=1S/C19H31N3O2/c1-19(2,3)17(23)16(11-7-8-12-20)22-18(24)15(21)13-14-9-5-4-6-10-14/h4-6,9-10,15-16H,7-8,11-13,20-21H2,1-3H3,(H,22,24)/t15-,16-/m0/s1. The lowest BCUT2D eigenvalue weighted by molar-refractivity contribution is -0.133. The molecule has 0 fully saturated rings. The van der Waals surface area contributed by atoms with E-state index in [4.69, 9.17) is 11.5 Å². The Morgan fingerprint density at radius 2 is 1.75 bits per heavy atom. The molecule has 1 aromatic rings. The maximum Gasteiger partial charge on any atom is 0.237 e. The van der Waals surface area contributed by atoms with E-state index in [9.17, 15) is 9.59 Å². The molecule has 0 saturated carbocycles. The molecular weight excluding hydrogens is 302 g/mol. The highest BCUT2D eigenvalue weighted by Gasteiger charge is 2.31. The third-order valence-electron chi connectivity index (χ3n) is 3.95. The van der Waals surface area contributed by atoms with Gasteiger partial charge in [-0.2, -0.15) is 0 Å². The molecule has 0 spiro atoms. The number of nitrogens with one attached hydrogen (secondary N) is 1. The van der Waals surface area contributed by atoms with Gasteiger partial charge in [-0.1, -0.05) is 51.1 Å². The van der Waals surface area contributed by atoms with Gasteiger partial charge in [-0.15, -0.1) is 0 Å². The van der Waals surface area contributed by atoms with Crippen molar-refractivity contribution in [3.05, 3.63) is 35.9 Å². The van der Waals surface area contributed by atoms with Crippen LogP contribution in [0.1, 0.15) is 45.6 Å². The highest BCUT2D eigenvalue weighted by atomic mass is 16.2. The number of Topliss-reactive ketones (excluding diaryl/α,β-unsaturated/α-hetero) is 1. The van der Waals surface area contributed by atoms with Crippen molar-refractivity contribution in [2.24, 2.45) is 16.9 Å². The average Bonchev–Trinajstić information content (AvgIpc) is 2.53. The maximum atomic E-state index is 12.6. The van der Waals surface area contributed by atoms with Crippen LogP contribution in [0.15, 0.2) is 30.3 Å². The van der Waals surface area contributed by atoms with Crippen molar-refractivity contribution in [1.29, 1.82) is 0 Å². The molecule has 5 N–H and O–H groups in total. The van der Waals surface area contributed by atoms with Crippen LogP contribution in [0.4, 0.5) is 0 Å². The molecule has 5 heteroatoms. The van der Waals surface area contributed by atoms with Crippen LogP contribution in [-0.4, -0.2) is 30.3 Å². The number of hydrogen-bond donors (Lipinski definition) is 3. The van der Waals surface area contributed by atoms with Crippen LogP contribution in [0.25, 0.3) is 0 Å². The van der Waals surface area contributed by atoms with E-state index in [0.29, 0.717) is 19.4 Å². The van der Waals surface area contributed by atoms with Crippen molar-refractivity contribution in [3.63, 3.8) is 0 Å². The molecular formula is C19H31N3O2. The third-order valence-corrected chi connectivity index (χ3v) is 3.95. The normalized spacial score (nSPS) is 14.0. The van der Waals surface area contributed by atoms with Crippen LogP contribution < -0.4 is 16.8 Å². The van der Waals surface area contributed by atoms with E-state index >= 15 is 0 Å². The summed E-state index contributed by atoms with van der Waals surface area (Å²) in [6.45, 7) is 6.17. The molecule has 0 aliphatic rings. The number of rotatable bonds is 9. The zero-order valence-electron chi connectivity index (χ0n) is 15.0. The Labute approximate surface area is 145 Å². The van der Waals surface area contributed by atoms with Gasteiger partial charge in [-0.05, 0) is 37.8 Å². The molecule has 0 aliphatic carbocycles. The fourth-order valence-electron chi connectivity index (χ4n) is 2.52. The molecule has 1 aromatic carbocycles. The quantitative estimate of drug-likeness (QED) is 0.600. The molecule has 1 amide bonds. The summed E-state index contributed by atoms with van der Waals surface area (Å²) in [5.74, 6) is -0.256. The molecule has 0 saturated heterocycles. The summed E-state index contributed by atoms with van der Waals surface area (Å²) in [6.07, 6.45) is 2.68. The SMILES string of the molecule is CC(C)(C)C(=O)[C@H](CCCCN)NC(=O)[C@@H](N)Cc1ccccc1. The molecule has 134 valence electrons. The van der Waals surface area contributed by atoms with E-state index < -0.39 is 17.5 Å². The number of carbonyl (C=O) groups excluding carboxylic acids is 2. The molecule has 5 nitrogen and oxygen atoms in total. The van der Waals surface area contributed by atoms with E-state index in [2.05, 4.69) is 5.32 Å². The van der Waals surface area contributed by atoms with Gasteiger partial charge >= 0.3 is 0 Å². The number of hydrogen-bond acceptors (Lipinski definition) is 4. The van der Waals surface area contributed by atoms with Gasteiger partial charge in [0.1, 0.15) is 0 Å². The van der Waals surface area contributed by atoms with Crippen molar-refractivity contribution in [3.8, 4) is 0 Å². The number of carbonyl (C=O) groups is 2. The van der Waals surface area contributed by atoms with Gasteiger partial charge < -0.3 is 16.8 Å². The van der Waals surface area contributed by atoms with Crippen LogP contribution in [0.5, 0.6) is 0 Å². The van der Waals surface area contributed by atoms with Crippen LogP contribution in [0.2, 0.25) is 0 Å². The van der Waals surface area contributed by atoms with Gasteiger partial charge in [-0.3, -0.25) is 9.59 Å². The largest absolute Gasteiger partial charge is 0.345 e. The van der Waals surface area contributed by atoms with Crippen molar-refractivity contribution >= 4 is 11.7 Å². The third kappa shape index (κ3) is 6.81. The molecule has 0 aliphatic heterocycles. The number of benzene rings is 1. The summed E-state index contributed by atoms with van der Waals surface area (Å²) in [7, 11) is 0. The summed E-state index contributed by atoms with van der Waals surface area (Å²) in [6, 6.07) is 8.45. The fourth-order valence-corrected chi connectivity index (χ4v) is 2.52. The van der Waals surface area contributed by atoms with Crippen molar-refractivity contribution in [2.75, 3.05) is 6.54 Å². The summed E-state index contributed by atoms with van der Waals surface area (Å²) < 4.78 is 0.